The Balaban J connectivity index is 1.73. The molecule has 2 aliphatic rings. The van der Waals surface area contributed by atoms with Crippen molar-refractivity contribution in [2.75, 3.05) is 32.7 Å². The lowest BCUT2D eigenvalue weighted by atomic mass is 10.1. The smallest absolute Gasteiger partial charge is 0.323 e. The predicted molar refractivity (Wildman–Crippen MR) is 79.9 cm³/mol. The summed E-state index contributed by atoms with van der Waals surface area (Å²) in [5.41, 5.74) is 0. The Morgan fingerprint density at radius 2 is 2.05 bits per heavy atom. The van der Waals surface area contributed by atoms with Crippen LogP contribution in [0.5, 0.6) is 0 Å². The number of nitrogens with one attached hydrogen (secondary N) is 1. The van der Waals surface area contributed by atoms with E-state index < -0.39 is 0 Å². The van der Waals surface area contributed by atoms with Crippen LogP contribution in [0.2, 0.25) is 0 Å². The van der Waals surface area contributed by atoms with Gasteiger partial charge in [0.05, 0.1) is 6.54 Å². The lowest BCUT2D eigenvalue weighted by Gasteiger charge is -2.36. The molecule has 3 atom stereocenters. The van der Waals surface area contributed by atoms with Crippen molar-refractivity contribution in [1.29, 1.82) is 0 Å². The summed E-state index contributed by atoms with van der Waals surface area (Å²) in [5.74, 6) is -0.00263. The molecule has 1 amide bonds. The fourth-order valence-corrected chi connectivity index (χ4v) is 2.89. The van der Waals surface area contributed by atoms with E-state index in [9.17, 15) is 9.59 Å². The number of nitrogens with zero attached hydrogens (tertiary/aromatic N) is 2. The molecule has 6 heteroatoms. The molecule has 2 heterocycles. The second-order valence-electron chi connectivity index (χ2n) is 6.19. The van der Waals surface area contributed by atoms with Crippen molar-refractivity contribution in [3.05, 3.63) is 0 Å². The number of amides is 1. The monoisotopic (exact) mass is 297 g/mol. The fourth-order valence-electron chi connectivity index (χ4n) is 2.89. The highest BCUT2D eigenvalue weighted by atomic mass is 16.6. The van der Waals surface area contributed by atoms with Gasteiger partial charge in [-0.3, -0.25) is 19.4 Å². The minimum absolute atomic E-state index is 0.0295. The minimum atomic E-state index is -0.0922. The van der Waals surface area contributed by atoms with Crippen LogP contribution < -0.4 is 5.32 Å². The summed E-state index contributed by atoms with van der Waals surface area (Å²) in [6.45, 7) is 9.76. The van der Waals surface area contributed by atoms with E-state index in [1.54, 1.807) is 0 Å². The molecule has 2 aliphatic heterocycles. The van der Waals surface area contributed by atoms with Crippen LogP contribution in [-0.2, 0) is 14.3 Å². The SMILES string of the molecule is CCC(C)NC(=O)CN1CCN(C2CC(C)OC2=O)CC1. The minimum Gasteiger partial charge on any atom is -0.461 e. The first-order valence-corrected chi connectivity index (χ1v) is 7.95. The first-order chi connectivity index (χ1) is 9.99. The average Bonchev–Trinajstić information content (AvgIpc) is 2.78. The zero-order valence-electron chi connectivity index (χ0n) is 13.3. The van der Waals surface area contributed by atoms with E-state index >= 15 is 0 Å². The van der Waals surface area contributed by atoms with E-state index in [0.29, 0.717) is 6.54 Å². The Morgan fingerprint density at radius 3 is 2.57 bits per heavy atom. The summed E-state index contributed by atoms with van der Waals surface area (Å²) >= 11 is 0. The Bertz CT molecular complexity index is 380. The lowest BCUT2D eigenvalue weighted by Crippen LogP contribution is -2.53. The molecule has 0 saturated carbocycles. The zero-order valence-corrected chi connectivity index (χ0v) is 13.3. The fraction of sp³-hybridized carbons (Fsp3) is 0.867. The molecule has 120 valence electrons. The highest BCUT2D eigenvalue weighted by Crippen LogP contribution is 2.20. The van der Waals surface area contributed by atoms with Crippen LogP contribution in [0, 0.1) is 0 Å². The van der Waals surface area contributed by atoms with Crippen LogP contribution in [0.3, 0.4) is 0 Å². The van der Waals surface area contributed by atoms with E-state index in [1.165, 1.54) is 0 Å². The second kappa shape index (κ2) is 7.22. The number of hydrogen-bond acceptors (Lipinski definition) is 5. The van der Waals surface area contributed by atoms with Gasteiger partial charge >= 0.3 is 5.97 Å². The number of cyclic esters (lactones) is 1. The highest BCUT2D eigenvalue weighted by Gasteiger charge is 2.37. The molecule has 0 aromatic heterocycles. The van der Waals surface area contributed by atoms with E-state index in [1.807, 2.05) is 13.8 Å². The molecular weight excluding hydrogens is 270 g/mol. The number of carbonyl (C=O) groups is 2. The molecule has 0 radical (unpaired) electrons. The third kappa shape index (κ3) is 4.41. The van der Waals surface area contributed by atoms with E-state index in [-0.39, 0.29) is 30.1 Å². The number of ether oxygens (including phenoxy) is 1. The third-order valence-electron chi connectivity index (χ3n) is 4.38. The molecule has 0 spiro atoms. The van der Waals surface area contributed by atoms with Crippen LogP contribution in [0.15, 0.2) is 0 Å². The second-order valence-corrected chi connectivity index (χ2v) is 6.19. The molecular formula is C15H27N3O3. The number of hydrogen-bond donors (Lipinski definition) is 1. The molecule has 6 nitrogen and oxygen atoms in total. The third-order valence-corrected chi connectivity index (χ3v) is 4.38. The van der Waals surface area contributed by atoms with Crippen molar-refractivity contribution in [2.45, 2.75) is 51.8 Å². The molecule has 0 bridgehead atoms. The van der Waals surface area contributed by atoms with Gasteiger partial charge in [-0.15, -0.1) is 0 Å². The van der Waals surface area contributed by atoms with Crippen molar-refractivity contribution < 1.29 is 14.3 Å². The molecule has 3 unspecified atom stereocenters. The van der Waals surface area contributed by atoms with Gasteiger partial charge in [0.1, 0.15) is 12.1 Å². The summed E-state index contributed by atoms with van der Waals surface area (Å²) in [7, 11) is 0. The molecule has 2 saturated heterocycles. The maximum absolute atomic E-state index is 11.9. The van der Waals surface area contributed by atoms with Crippen LogP contribution in [0.25, 0.3) is 0 Å². The number of piperazine rings is 1. The van der Waals surface area contributed by atoms with Crippen molar-refractivity contribution in [3.8, 4) is 0 Å². The normalized spacial score (nSPS) is 29.2. The van der Waals surface area contributed by atoms with Gasteiger partial charge in [-0.25, -0.2) is 0 Å². The molecule has 0 aromatic carbocycles. The number of esters is 1. The standard InChI is InChI=1S/C15H27N3O3/c1-4-11(2)16-14(19)10-17-5-7-18(8-6-17)13-9-12(3)21-15(13)20/h11-13H,4-10H2,1-3H3,(H,16,19). The predicted octanol–water partition coefficient (Wildman–Crippen LogP) is 0.223. The van der Waals surface area contributed by atoms with Gasteiger partial charge in [0.2, 0.25) is 5.91 Å². The Hall–Kier alpha value is -1.14. The van der Waals surface area contributed by atoms with Gasteiger partial charge in [0, 0.05) is 38.6 Å². The molecule has 2 rings (SSSR count). The summed E-state index contributed by atoms with van der Waals surface area (Å²) in [5, 5.41) is 2.99. The quantitative estimate of drug-likeness (QED) is 0.736. The van der Waals surface area contributed by atoms with Crippen molar-refractivity contribution in [2.24, 2.45) is 0 Å². The largest absolute Gasteiger partial charge is 0.461 e. The topological polar surface area (TPSA) is 61.9 Å². The summed E-state index contributed by atoms with van der Waals surface area (Å²) in [6.07, 6.45) is 1.76. The summed E-state index contributed by atoms with van der Waals surface area (Å²) < 4.78 is 5.22. The van der Waals surface area contributed by atoms with Crippen LogP contribution >= 0.6 is 0 Å². The highest BCUT2D eigenvalue weighted by molar-refractivity contribution is 5.78. The maximum atomic E-state index is 11.9. The van der Waals surface area contributed by atoms with Gasteiger partial charge in [-0.1, -0.05) is 6.92 Å². The molecule has 1 N–H and O–H groups in total. The van der Waals surface area contributed by atoms with Crippen LogP contribution in [0.4, 0.5) is 0 Å². The van der Waals surface area contributed by atoms with E-state index in [4.69, 9.17) is 4.74 Å². The average molecular weight is 297 g/mol. The van der Waals surface area contributed by atoms with Crippen molar-refractivity contribution >= 4 is 11.9 Å². The first kappa shape index (κ1) is 16.2. The summed E-state index contributed by atoms with van der Waals surface area (Å²) in [4.78, 5) is 28.0. The Kier molecular flexibility index (Phi) is 5.58. The van der Waals surface area contributed by atoms with Gasteiger partial charge < -0.3 is 10.1 Å². The van der Waals surface area contributed by atoms with Crippen molar-refractivity contribution in [3.63, 3.8) is 0 Å². The number of rotatable bonds is 5. The summed E-state index contributed by atoms with van der Waals surface area (Å²) in [6, 6.07) is 0.143. The van der Waals surface area contributed by atoms with Crippen molar-refractivity contribution in [1.82, 2.24) is 15.1 Å². The van der Waals surface area contributed by atoms with E-state index in [0.717, 1.165) is 39.0 Å². The molecule has 2 fully saturated rings. The Morgan fingerprint density at radius 1 is 1.38 bits per heavy atom. The van der Waals surface area contributed by atoms with Crippen LogP contribution in [0.1, 0.15) is 33.6 Å². The first-order valence-electron chi connectivity index (χ1n) is 7.95. The lowest BCUT2D eigenvalue weighted by molar-refractivity contribution is -0.145. The molecule has 0 aliphatic carbocycles. The maximum Gasteiger partial charge on any atom is 0.323 e. The zero-order chi connectivity index (χ0) is 15.4. The molecule has 0 aromatic rings. The van der Waals surface area contributed by atoms with Crippen LogP contribution in [-0.4, -0.2) is 72.6 Å². The van der Waals surface area contributed by atoms with Gasteiger partial charge in [-0.2, -0.15) is 0 Å². The number of carbonyl (C=O) groups excluding carboxylic acids is 2. The van der Waals surface area contributed by atoms with Gasteiger partial charge in [0.15, 0.2) is 0 Å². The molecule has 21 heavy (non-hydrogen) atoms. The Labute approximate surface area is 126 Å². The van der Waals surface area contributed by atoms with Gasteiger partial charge in [0.25, 0.3) is 0 Å². The van der Waals surface area contributed by atoms with Gasteiger partial charge in [-0.05, 0) is 20.3 Å². The van der Waals surface area contributed by atoms with E-state index in [2.05, 4.69) is 22.0 Å².